The number of furan rings is 1. The molecule has 0 aliphatic heterocycles. The Morgan fingerprint density at radius 3 is 2.61 bits per heavy atom. The van der Waals surface area contributed by atoms with Gasteiger partial charge in [0.1, 0.15) is 17.4 Å². The van der Waals surface area contributed by atoms with Crippen LogP contribution in [0.4, 0.5) is 5.88 Å². The number of nitrogens with zero attached hydrogens (tertiary/aromatic N) is 4. The minimum Gasteiger partial charge on any atom is -0.440 e. The number of carbonyl (C=O) groups excluding carboxylic acids is 1. The Morgan fingerprint density at radius 2 is 1.87 bits per heavy atom. The van der Waals surface area contributed by atoms with Gasteiger partial charge in [-0.2, -0.15) is 0 Å². The first-order valence-electron chi connectivity index (χ1n) is 12.1. The van der Waals surface area contributed by atoms with Gasteiger partial charge >= 0.3 is 0 Å². The second-order valence-electron chi connectivity index (χ2n) is 8.94. The first kappa shape index (κ1) is 24.2. The van der Waals surface area contributed by atoms with E-state index in [2.05, 4.69) is 46.8 Å². The number of halogens is 1. The zero-order valence-electron chi connectivity index (χ0n) is 20.5. The van der Waals surface area contributed by atoms with Gasteiger partial charge in [0.15, 0.2) is 0 Å². The predicted octanol–water partition coefficient (Wildman–Crippen LogP) is 7.56. The lowest BCUT2D eigenvalue weighted by molar-refractivity contribution is -0.108. The van der Waals surface area contributed by atoms with Gasteiger partial charge in [-0.05, 0) is 52.9 Å². The van der Waals surface area contributed by atoms with Crippen LogP contribution in [-0.2, 0) is 18.3 Å². The molecule has 1 amide bonds. The summed E-state index contributed by atoms with van der Waals surface area (Å²) in [6.45, 7) is 0. The van der Waals surface area contributed by atoms with Crippen molar-refractivity contribution in [1.82, 2.24) is 14.5 Å². The van der Waals surface area contributed by atoms with Gasteiger partial charge < -0.3 is 8.98 Å². The van der Waals surface area contributed by atoms with E-state index < -0.39 is 6.04 Å². The molecule has 0 saturated heterocycles. The zero-order valence-corrected chi connectivity index (χ0v) is 22.1. The number of hydrogen-bond acceptors (Lipinski definition) is 5. The maximum absolute atomic E-state index is 12.6. The summed E-state index contributed by atoms with van der Waals surface area (Å²) in [4.78, 5) is 24.7. The number of anilines is 1. The molecule has 6 rings (SSSR count). The highest BCUT2D eigenvalue weighted by Gasteiger charge is 2.29. The Labute approximate surface area is 228 Å². The van der Waals surface area contributed by atoms with Gasteiger partial charge in [-0.15, -0.1) is 11.3 Å². The summed E-state index contributed by atoms with van der Waals surface area (Å²) in [5.74, 6) is 1.14. The third-order valence-corrected chi connectivity index (χ3v) is 7.76. The van der Waals surface area contributed by atoms with Crippen molar-refractivity contribution < 1.29 is 9.21 Å². The Morgan fingerprint density at radius 1 is 1.03 bits per heavy atom. The molecule has 0 fully saturated rings. The summed E-state index contributed by atoms with van der Waals surface area (Å²) in [6.07, 6.45) is 4.85. The van der Waals surface area contributed by atoms with Crippen LogP contribution < -0.4 is 4.90 Å². The number of thiophene rings is 1. The molecular weight excluding hydrogens is 516 g/mol. The molecule has 0 radical (unpaired) electrons. The van der Waals surface area contributed by atoms with Gasteiger partial charge in [0.25, 0.3) is 0 Å². The number of aromatic nitrogens is 3. The molecule has 2 aromatic carbocycles. The molecule has 0 aliphatic rings. The molecule has 8 heteroatoms. The van der Waals surface area contributed by atoms with Crippen molar-refractivity contribution in [3.05, 3.63) is 113 Å². The van der Waals surface area contributed by atoms with E-state index in [1.165, 1.54) is 10.4 Å². The van der Waals surface area contributed by atoms with E-state index in [1.807, 2.05) is 48.1 Å². The second-order valence-corrected chi connectivity index (χ2v) is 10.3. The fraction of sp³-hybridized carbons (Fsp3) is 0.100. The maximum atomic E-state index is 12.6. The molecular formula is C30H23ClN4O2S. The van der Waals surface area contributed by atoms with Crippen LogP contribution in [0, 0.1) is 0 Å². The molecule has 0 saturated carbocycles. The fourth-order valence-corrected chi connectivity index (χ4v) is 5.60. The van der Waals surface area contributed by atoms with E-state index in [4.69, 9.17) is 21.0 Å². The smallest absolute Gasteiger partial charge is 0.217 e. The Bertz CT molecular complexity index is 1690. The van der Waals surface area contributed by atoms with Crippen LogP contribution >= 0.6 is 22.9 Å². The summed E-state index contributed by atoms with van der Waals surface area (Å²) in [5.41, 5.74) is 4.66. The predicted molar refractivity (Wildman–Crippen MR) is 152 cm³/mol. The topological polar surface area (TPSA) is 64.2 Å². The Kier molecular flexibility index (Phi) is 6.54. The highest BCUT2D eigenvalue weighted by molar-refractivity contribution is 7.13. The Hall–Kier alpha value is -4.20. The van der Waals surface area contributed by atoms with Gasteiger partial charge in [-0.1, -0.05) is 48.0 Å². The summed E-state index contributed by atoms with van der Waals surface area (Å²) in [6, 6.07) is 25.1. The molecule has 1 unspecified atom stereocenters. The summed E-state index contributed by atoms with van der Waals surface area (Å²) in [5, 5.41) is 3.50. The monoisotopic (exact) mass is 538 g/mol. The number of pyridine rings is 1. The standard InChI is InChI=1S/C30H23ClN4O2S/c1-34-26(20-7-9-21(10-8-20)28-6-4-14-38-28)18-33-30(34)25(17-24-5-2-3-13-32-24)35(19-36)29-16-22-15-23(31)11-12-27(22)37-29/h2-16,18-19,25H,17H2,1H3. The number of hydrogen-bond donors (Lipinski definition) is 0. The van der Waals surface area contributed by atoms with E-state index >= 15 is 0 Å². The number of fused-ring (bicyclic) bond motifs is 1. The van der Waals surface area contributed by atoms with Crippen molar-refractivity contribution in [2.75, 3.05) is 4.90 Å². The van der Waals surface area contributed by atoms with Crippen LogP contribution in [0.15, 0.2) is 101 Å². The minimum atomic E-state index is -0.456. The first-order chi connectivity index (χ1) is 18.6. The van der Waals surface area contributed by atoms with Crippen LogP contribution in [0.2, 0.25) is 5.02 Å². The first-order valence-corrected chi connectivity index (χ1v) is 13.3. The molecule has 4 aromatic heterocycles. The lowest BCUT2D eigenvalue weighted by Crippen LogP contribution is -2.31. The average Bonchev–Trinajstić information content (AvgIpc) is 3.69. The number of carbonyl (C=O) groups is 1. The van der Waals surface area contributed by atoms with Crippen LogP contribution in [-0.4, -0.2) is 20.9 Å². The lowest BCUT2D eigenvalue weighted by Gasteiger charge is -2.26. The highest BCUT2D eigenvalue weighted by Crippen LogP contribution is 2.35. The van der Waals surface area contributed by atoms with Gasteiger partial charge in [0, 0.05) is 46.7 Å². The molecule has 6 nitrogen and oxygen atoms in total. The van der Waals surface area contributed by atoms with Crippen LogP contribution in [0.5, 0.6) is 0 Å². The molecule has 0 N–H and O–H groups in total. The SMILES string of the molecule is Cn1c(-c2ccc(-c3cccs3)cc2)cnc1C(Cc1ccccn1)N(C=O)c1cc2cc(Cl)ccc2o1. The number of rotatable bonds is 8. The van der Waals surface area contributed by atoms with Gasteiger partial charge in [0.05, 0.1) is 11.9 Å². The van der Waals surface area contributed by atoms with E-state index in [1.54, 1.807) is 34.6 Å². The van der Waals surface area contributed by atoms with E-state index in [0.29, 0.717) is 22.9 Å². The Balaban J connectivity index is 1.40. The zero-order chi connectivity index (χ0) is 26.1. The molecule has 0 aliphatic carbocycles. The van der Waals surface area contributed by atoms with Crippen molar-refractivity contribution in [2.45, 2.75) is 12.5 Å². The van der Waals surface area contributed by atoms with E-state index in [9.17, 15) is 4.79 Å². The normalized spacial score (nSPS) is 12.1. The molecule has 0 bridgehead atoms. The minimum absolute atomic E-state index is 0.419. The fourth-order valence-electron chi connectivity index (χ4n) is 4.69. The van der Waals surface area contributed by atoms with Crippen LogP contribution in [0.1, 0.15) is 17.6 Å². The largest absolute Gasteiger partial charge is 0.440 e. The van der Waals surface area contributed by atoms with Gasteiger partial charge in [0.2, 0.25) is 12.3 Å². The van der Waals surface area contributed by atoms with E-state index in [0.717, 1.165) is 34.6 Å². The van der Waals surface area contributed by atoms with Crippen molar-refractivity contribution in [3.8, 4) is 21.7 Å². The molecule has 188 valence electrons. The molecule has 1 atom stereocenters. The number of benzene rings is 2. The van der Waals surface area contributed by atoms with Gasteiger partial charge in [-0.3, -0.25) is 14.7 Å². The van der Waals surface area contributed by atoms with Gasteiger partial charge in [-0.25, -0.2) is 4.98 Å². The van der Waals surface area contributed by atoms with Crippen molar-refractivity contribution in [1.29, 1.82) is 0 Å². The third-order valence-electron chi connectivity index (χ3n) is 6.61. The number of imidazole rings is 1. The summed E-state index contributed by atoms with van der Waals surface area (Å²) < 4.78 is 8.11. The summed E-state index contributed by atoms with van der Waals surface area (Å²) in [7, 11) is 1.97. The molecule has 38 heavy (non-hydrogen) atoms. The highest BCUT2D eigenvalue weighted by atomic mass is 35.5. The van der Waals surface area contributed by atoms with Crippen molar-refractivity contribution in [2.24, 2.45) is 7.05 Å². The maximum Gasteiger partial charge on any atom is 0.217 e. The number of amides is 1. The summed E-state index contributed by atoms with van der Waals surface area (Å²) >= 11 is 7.90. The quantitative estimate of drug-likeness (QED) is 0.188. The lowest BCUT2D eigenvalue weighted by atomic mass is 10.1. The molecule has 4 heterocycles. The molecule has 0 spiro atoms. The third kappa shape index (κ3) is 4.62. The van der Waals surface area contributed by atoms with E-state index in [-0.39, 0.29) is 0 Å². The van der Waals surface area contributed by atoms with Crippen LogP contribution in [0.25, 0.3) is 32.7 Å². The average molecular weight is 539 g/mol. The van der Waals surface area contributed by atoms with Crippen molar-refractivity contribution >= 4 is 46.2 Å². The second kappa shape index (κ2) is 10.3. The molecule has 6 aromatic rings. The van der Waals surface area contributed by atoms with Crippen molar-refractivity contribution in [3.63, 3.8) is 0 Å². The van der Waals surface area contributed by atoms with Crippen LogP contribution in [0.3, 0.4) is 0 Å².